The maximum Gasteiger partial charge on any atom is 0.203 e. The van der Waals surface area contributed by atoms with Crippen LogP contribution < -0.4 is 14.2 Å². The van der Waals surface area contributed by atoms with Gasteiger partial charge in [-0.15, -0.1) is 0 Å². The van der Waals surface area contributed by atoms with E-state index in [2.05, 4.69) is 9.88 Å². The van der Waals surface area contributed by atoms with Gasteiger partial charge >= 0.3 is 0 Å². The lowest BCUT2D eigenvalue weighted by Crippen LogP contribution is -2.31. The Morgan fingerprint density at radius 3 is 2.58 bits per heavy atom. The molecule has 1 aromatic carbocycles. The summed E-state index contributed by atoms with van der Waals surface area (Å²) in [6.07, 6.45) is 5.47. The van der Waals surface area contributed by atoms with Crippen molar-refractivity contribution in [1.82, 2.24) is 14.9 Å². The number of hydrogen-bond acceptors (Lipinski definition) is 6. The third-order valence-corrected chi connectivity index (χ3v) is 5.15. The molecule has 2 aliphatic rings. The SMILES string of the molecule is COc1ccc(CN2CCc3nc(C4CC4)ncc3C2)c(OC)c1OC. The van der Waals surface area contributed by atoms with Crippen LogP contribution in [-0.4, -0.2) is 42.7 Å². The van der Waals surface area contributed by atoms with Crippen molar-refractivity contribution in [2.45, 2.75) is 38.3 Å². The minimum Gasteiger partial charge on any atom is -0.493 e. The van der Waals surface area contributed by atoms with Crippen LogP contribution in [0.25, 0.3) is 0 Å². The van der Waals surface area contributed by atoms with Crippen LogP contribution in [0.2, 0.25) is 0 Å². The first-order valence-corrected chi connectivity index (χ1v) is 9.08. The minimum atomic E-state index is 0.606. The first-order valence-electron chi connectivity index (χ1n) is 9.08. The molecule has 138 valence electrons. The Morgan fingerprint density at radius 2 is 1.88 bits per heavy atom. The number of fused-ring (bicyclic) bond motifs is 1. The smallest absolute Gasteiger partial charge is 0.203 e. The van der Waals surface area contributed by atoms with E-state index in [1.54, 1.807) is 21.3 Å². The number of rotatable bonds is 6. The van der Waals surface area contributed by atoms with Crippen molar-refractivity contribution < 1.29 is 14.2 Å². The molecule has 0 amide bonds. The fourth-order valence-corrected chi connectivity index (χ4v) is 3.59. The first kappa shape index (κ1) is 17.1. The van der Waals surface area contributed by atoms with Crippen LogP contribution >= 0.6 is 0 Å². The Kier molecular flexibility index (Phi) is 4.68. The van der Waals surface area contributed by atoms with E-state index in [-0.39, 0.29) is 0 Å². The van der Waals surface area contributed by atoms with E-state index < -0.39 is 0 Å². The van der Waals surface area contributed by atoms with Gasteiger partial charge in [-0.25, -0.2) is 9.97 Å². The quantitative estimate of drug-likeness (QED) is 0.794. The standard InChI is InChI=1S/C20H25N3O3/c1-24-17-7-6-14(18(25-2)19(17)26-3)11-23-9-8-16-15(12-23)10-21-20(22-16)13-4-5-13/h6-7,10,13H,4-5,8-9,11-12H2,1-3H3. The second-order valence-corrected chi connectivity index (χ2v) is 6.93. The van der Waals surface area contributed by atoms with Crippen LogP contribution in [0.1, 0.15) is 41.4 Å². The fourth-order valence-electron chi connectivity index (χ4n) is 3.59. The van der Waals surface area contributed by atoms with Gasteiger partial charge in [0.15, 0.2) is 11.5 Å². The normalized spacial score (nSPS) is 16.9. The average Bonchev–Trinajstić information content (AvgIpc) is 3.52. The molecule has 6 nitrogen and oxygen atoms in total. The van der Waals surface area contributed by atoms with Crippen molar-refractivity contribution >= 4 is 0 Å². The lowest BCUT2D eigenvalue weighted by atomic mass is 10.1. The highest BCUT2D eigenvalue weighted by molar-refractivity contribution is 5.55. The molecular formula is C20H25N3O3. The molecule has 1 saturated carbocycles. The average molecular weight is 355 g/mol. The zero-order valence-electron chi connectivity index (χ0n) is 15.6. The predicted octanol–water partition coefficient (Wildman–Crippen LogP) is 2.94. The van der Waals surface area contributed by atoms with Crippen molar-refractivity contribution in [2.24, 2.45) is 0 Å². The molecule has 0 N–H and O–H groups in total. The van der Waals surface area contributed by atoms with Crippen molar-refractivity contribution in [3.05, 3.63) is 41.0 Å². The maximum absolute atomic E-state index is 5.61. The Hall–Kier alpha value is -2.34. The molecule has 2 aromatic rings. The van der Waals surface area contributed by atoms with E-state index in [9.17, 15) is 0 Å². The van der Waals surface area contributed by atoms with Crippen molar-refractivity contribution in [2.75, 3.05) is 27.9 Å². The molecule has 1 aromatic heterocycles. The molecule has 1 aliphatic carbocycles. The van der Waals surface area contributed by atoms with Gasteiger partial charge in [0, 0.05) is 55.0 Å². The third kappa shape index (κ3) is 3.21. The van der Waals surface area contributed by atoms with Crippen LogP contribution in [0.4, 0.5) is 0 Å². The molecule has 0 saturated heterocycles. The molecule has 0 atom stereocenters. The van der Waals surface area contributed by atoms with E-state index in [4.69, 9.17) is 19.2 Å². The number of nitrogens with zero attached hydrogens (tertiary/aromatic N) is 3. The molecule has 0 bridgehead atoms. The summed E-state index contributed by atoms with van der Waals surface area (Å²) in [6, 6.07) is 3.97. The highest BCUT2D eigenvalue weighted by atomic mass is 16.5. The topological polar surface area (TPSA) is 56.7 Å². The highest BCUT2D eigenvalue weighted by Crippen LogP contribution is 2.41. The maximum atomic E-state index is 5.61. The zero-order valence-corrected chi connectivity index (χ0v) is 15.6. The molecule has 0 spiro atoms. The number of benzene rings is 1. The van der Waals surface area contributed by atoms with Crippen molar-refractivity contribution in [3.63, 3.8) is 0 Å². The largest absolute Gasteiger partial charge is 0.493 e. The van der Waals surface area contributed by atoms with Gasteiger partial charge in [0.1, 0.15) is 5.82 Å². The molecule has 1 fully saturated rings. The molecule has 1 aliphatic heterocycles. The van der Waals surface area contributed by atoms with E-state index in [0.29, 0.717) is 17.4 Å². The summed E-state index contributed by atoms with van der Waals surface area (Å²) in [5, 5.41) is 0. The van der Waals surface area contributed by atoms with Gasteiger partial charge in [-0.2, -0.15) is 0 Å². The highest BCUT2D eigenvalue weighted by Gasteiger charge is 2.28. The summed E-state index contributed by atoms with van der Waals surface area (Å²) < 4.78 is 16.5. The summed E-state index contributed by atoms with van der Waals surface area (Å²) in [4.78, 5) is 11.8. The van der Waals surface area contributed by atoms with E-state index in [1.165, 1.54) is 24.1 Å². The van der Waals surface area contributed by atoms with Crippen LogP contribution in [0.5, 0.6) is 17.2 Å². The molecule has 2 heterocycles. The molecule has 0 radical (unpaired) electrons. The summed E-state index contributed by atoms with van der Waals surface area (Å²) in [5.74, 6) is 3.70. The van der Waals surface area contributed by atoms with Gasteiger partial charge in [-0.05, 0) is 18.9 Å². The Morgan fingerprint density at radius 1 is 1.08 bits per heavy atom. The van der Waals surface area contributed by atoms with E-state index >= 15 is 0 Å². The first-order chi connectivity index (χ1) is 12.7. The molecule has 0 unspecified atom stereocenters. The van der Waals surface area contributed by atoms with Gasteiger partial charge in [-0.3, -0.25) is 4.90 Å². The number of methoxy groups -OCH3 is 3. The van der Waals surface area contributed by atoms with E-state index in [1.807, 2.05) is 18.3 Å². The third-order valence-electron chi connectivity index (χ3n) is 5.15. The summed E-state index contributed by atoms with van der Waals surface area (Å²) in [7, 11) is 4.93. The summed E-state index contributed by atoms with van der Waals surface area (Å²) >= 11 is 0. The predicted molar refractivity (Wildman–Crippen MR) is 97.9 cm³/mol. The Labute approximate surface area is 154 Å². The van der Waals surface area contributed by atoms with E-state index in [0.717, 1.165) is 43.2 Å². The molecular weight excluding hydrogens is 330 g/mol. The summed E-state index contributed by atoms with van der Waals surface area (Å²) in [5.41, 5.74) is 3.54. The zero-order chi connectivity index (χ0) is 18.1. The van der Waals surface area contributed by atoms with Gasteiger partial charge < -0.3 is 14.2 Å². The van der Waals surface area contributed by atoms with Gasteiger partial charge in [-0.1, -0.05) is 6.07 Å². The fraction of sp³-hybridized carbons (Fsp3) is 0.500. The van der Waals surface area contributed by atoms with Gasteiger partial charge in [0.05, 0.1) is 21.3 Å². The number of ether oxygens (including phenoxy) is 3. The van der Waals surface area contributed by atoms with Crippen LogP contribution in [-0.2, 0) is 19.5 Å². The van der Waals surface area contributed by atoms with Crippen molar-refractivity contribution in [3.8, 4) is 17.2 Å². The second-order valence-electron chi connectivity index (χ2n) is 6.93. The van der Waals surface area contributed by atoms with Gasteiger partial charge in [0.25, 0.3) is 0 Å². The minimum absolute atomic E-state index is 0.606. The number of aromatic nitrogens is 2. The Balaban J connectivity index is 1.53. The Bertz CT molecular complexity index is 805. The van der Waals surface area contributed by atoms with Gasteiger partial charge in [0.2, 0.25) is 5.75 Å². The van der Waals surface area contributed by atoms with Crippen LogP contribution in [0.3, 0.4) is 0 Å². The molecule has 4 rings (SSSR count). The molecule has 6 heteroatoms. The lowest BCUT2D eigenvalue weighted by Gasteiger charge is -2.29. The number of hydrogen-bond donors (Lipinski definition) is 0. The van der Waals surface area contributed by atoms with Crippen LogP contribution in [0, 0.1) is 0 Å². The monoisotopic (exact) mass is 355 g/mol. The summed E-state index contributed by atoms with van der Waals surface area (Å²) in [6.45, 7) is 2.62. The van der Waals surface area contributed by atoms with Crippen molar-refractivity contribution in [1.29, 1.82) is 0 Å². The van der Waals surface area contributed by atoms with Crippen LogP contribution in [0.15, 0.2) is 18.3 Å². The molecule has 26 heavy (non-hydrogen) atoms. The lowest BCUT2D eigenvalue weighted by molar-refractivity contribution is 0.236. The second kappa shape index (κ2) is 7.11.